The Labute approximate surface area is 92.2 Å². The van der Waals surface area contributed by atoms with Gasteiger partial charge in [0.2, 0.25) is 0 Å². The fourth-order valence-corrected chi connectivity index (χ4v) is 1.51. The Bertz CT molecular complexity index is 523. The third-order valence-corrected chi connectivity index (χ3v) is 2.14. The largest absolute Gasteiger partial charge is 0.275 e. The predicted octanol–water partition coefficient (Wildman–Crippen LogP) is 2.29. The van der Waals surface area contributed by atoms with Crippen molar-refractivity contribution in [1.29, 1.82) is 0 Å². The molecule has 0 spiro atoms. The van der Waals surface area contributed by atoms with Gasteiger partial charge in [0, 0.05) is 41.7 Å². The number of aryl methyl sites for hydroxylation is 1. The SMILES string of the molecule is Cn1cc(CN=[N+]=[N-])c(-c2cccnc2)n1. The van der Waals surface area contributed by atoms with Crippen LogP contribution in [0.2, 0.25) is 0 Å². The molecule has 0 atom stereocenters. The number of rotatable bonds is 3. The summed E-state index contributed by atoms with van der Waals surface area (Å²) in [6, 6.07) is 3.77. The molecule has 2 aromatic heterocycles. The number of pyridine rings is 1. The lowest BCUT2D eigenvalue weighted by Crippen LogP contribution is -1.88. The monoisotopic (exact) mass is 214 g/mol. The third kappa shape index (κ3) is 2.02. The summed E-state index contributed by atoms with van der Waals surface area (Å²) in [5.74, 6) is 0. The van der Waals surface area contributed by atoms with E-state index in [4.69, 9.17) is 5.53 Å². The molecule has 6 nitrogen and oxygen atoms in total. The lowest BCUT2D eigenvalue weighted by atomic mass is 10.1. The van der Waals surface area contributed by atoms with Gasteiger partial charge in [-0.15, -0.1) is 0 Å². The van der Waals surface area contributed by atoms with Crippen LogP contribution in [0.25, 0.3) is 21.7 Å². The first-order chi connectivity index (χ1) is 7.81. The molecule has 0 saturated heterocycles. The van der Waals surface area contributed by atoms with Crippen LogP contribution < -0.4 is 0 Å². The topological polar surface area (TPSA) is 79.5 Å². The van der Waals surface area contributed by atoms with Crippen LogP contribution in [0.4, 0.5) is 0 Å². The average Bonchev–Trinajstić information content (AvgIpc) is 2.69. The Balaban J connectivity index is 2.44. The highest BCUT2D eigenvalue weighted by Gasteiger charge is 2.08. The molecule has 0 saturated carbocycles. The van der Waals surface area contributed by atoms with Crippen molar-refractivity contribution in [2.24, 2.45) is 12.2 Å². The molecule has 0 fully saturated rings. The van der Waals surface area contributed by atoms with E-state index in [9.17, 15) is 0 Å². The highest BCUT2D eigenvalue weighted by atomic mass is 15.3. The first-order valence-electron chi connectivity index (χ1n) is 4.75. The average molecular weight is 214 g/mol. The van der Waals surface area contributed by atoms with Gasteiger partial charge < -0.3 is 0 Å². The molecule has 0 aromatic carbocycles. The van der Waals surface area contributed by atoms with E-state index < -0.39 is 0 Å². The zero-order valence-electron chi connectivity index (χ0n) is 8.78. The Morgan fingerprint density at radius 3 is 3.12 bits per heavy atom. The fraction of sp³-hybridized carbons (Fsp3) is 0.200. The van der Waals surface area contributed by atoms with Crippen molar-refractivity contribution >= 4 is 0 Å². The first kappa shape index (κ1) is 10.2. The zero-order chi connectivity index (χ0) is 11.4. The summed E-state index contributed by atoms with van der Waals surface area (Å²) >= 11 is 0. The minimum absolute atomic E-state index is 0.300. The number of aromatic nitrogens is 3. The van der Waals surface area contributed by atoms with E-state index >= 15 is 0 Å². The third-order valence-electron chi connectivity index (χ3n) is 2.14. The minimum atomic E-state index is 0.300. The maximum Gasteiger partial charge on any atom is 0.0971 e. The predicted molar refractivity (Wildman–Crippen MR) is 59.3 cm³/mol. The second-order valence-corrected chi connectivity index (χ2v) is 3.31. The maximum absolute atomic E-state index is 8.31. The Kier molecular flexibility index (Phi) is 2.84. The quantitative estimate of drug-likeness (QED) is 0.446. The van der Waals surface area contributed by atoms with Crippen molar-refractivity contribution < 1.29 is 0 Å². The molecule has 16 heavy (non-hydrogen) atoms. The molecule has 0 aliphatic heterocycles. The van der Waals surface area contributed by atoms with Crippen molar-refractivity contribution in [1.82, 2.24) is 14.8 Å². The van der Waals surface area contributed by atoms with Crippen LogP contribution in [0, 0.1) is 0 Å². The Morgan fingerprint density at radius 2 is 2.44 bits per heavy atom. The molecule has 2 heterocycles. The smallest absolute Gasteiger partial charge is 0.0971 e. The van der Waals surface area contributed by atoms with E-state index in [2.05, 4.69) is 20.1 Å². The summed E-state index contributed by atoms with van der Waals surface area (Å²) in [7, 11) is 1.83. The van der Waals surface area contributed by atoms with E-state index in [0.717, 1.165) is 16.8 Å². The molecule has 0 unspecified atom stereocenters. The van der Waals surface area contributed by atoms with Gasteiger partial charge >= 0.3 is 0 Å². The van der Waals surface area contributed by atoms with Crippen LogP contribution in [0.5, 0.6) is 0 Å². The molecule has 6 heteroatoms. The van der Waals surface area contributed by atoms with Gasteiger partial charge in [0.1, 0.15) is 0 Å². The van der Waals surface area contributed by atoms with Crippen LogP contribution in [0.1, 0.15) is 5.56 Å². The number of azide groups is 1. The van der Waals surface area contributed by atoms with E-state index in [1.165, 1.54) is 0 Å². The molecule has 0 bridgehead atoms. The summed E-state index contributed by atoms with van der Waals surface area (Å²) in [6.07, 6.45) is 5.29. The maximum atomic E-state index is 8.31. The van der Waals surface area contributed by atoms with Crippen LogP contribution >= 0.6 is 0 Å². The van der Waals surface area contributed by atoms with Gasteiger partial charge in [-0.1, -0.05) is 5.11 Å². The summed E-state index contributed by atoms with van der Waals surface area (Å²) in [6.45, 7) is 0.300. The Morgan fingerprint density at radius 1 is 1.56 bits per heavy atom. The van der Waals surface area contributed by atoms with Gasteiger partial charge in [0.25, 0.3) is 0 Å². The van der Waals surface area contributed by atoms with Gasteiger partial charge in [-0.25, -0.2) is 0 Å². The second-order valence-electron chi connectivity index (χ2n) is 3.31. The summed E-state index contributed by atoms with van der Waals surface area (Å²) < 4.78 is 1.70. The van der Waals surface area contributed by atoms with E-state index in [0.29, 0.717) is 6.54 Å². The number of hydrogen-bond acceptors (Lipinski definition) is 3. The van der Waals surface area contributed by atoms with Crippen molar-refractivity contribution in [2.75, 3.05) is 0 Å². The summed E-state index contributed by atoms with van der Waals surface area (Å²) in [5, 5.41) is 7.88. The summed E-state index contributed by atoms with van der Waals surface area (Å²) in [4.78, 5) is 6.79. The normalized spacial score (nSPS) is 9.81. The zero-order valence-corrected chi connectivity index (χ0v) is 8.78. The van der Waals surface area contributed by atoms with Crippen molar-refractivity contribution in [3.8, 4) is 11.3 Å². The molecule has 2 rings (SSSR count). The molecule has 0 aliphatic carbocycles. The molecule has 0 amide bonds. The van der Waals surface area contributed by atoms with Gasteiger partial charge in [-0.05, 0) is 17.7 Å². The molecule has 0 radical (unpaired) electrons. The lowest BCUT2D eigenvalue weighted by Gasteiger charge is -1.97. The van der Waals surface area contributed by atoms with Gasteiger partial charge in [-0.3, -0.25) is 9.67 Å². The molecule has 0 aliphatic rings. The van der Waals surface area contributed by atoms with Crippen LogP contribution in [0.15, 0.2) is 35.8 Å². The number of nitrogens with zero attached hydrogens (tertiary/aromatic N) is 6. The molecule has 2 aromatic rings. The molecule has 0 N–H and O–H groups in total. The highest BCUT2D eigenvalue weighted by molar-refractivity contribution is 5.61. The lowest BCUT2D eigenvalue weighted by molar-refractivity contribution is 0.769. The van der Waals surface area contributed by atoms with Crippen LogP contribution in [0.3, 0.4) is 0 Å². The van der Waals surface area contributed by atoms with Crippen LogP contribution in [-0.4, -0.2) is 14.8 Å². The standard InChI is InChI=1S/C10H10N6/c1-16-7-9(6-13-15-11)10(14-16)8-3-2-4-12-5-8/h2-5,7H,6H2,1H3. The van der Waals surface area contributed by atoms with Gasteiger partial charge in [-0.2, -0.15) is 5.10 Å². The first-order valence-corrected chi connectivity index (χ1v) is 4.75. The van der Waals surface area contributed by atoms with Crippen LogP contribution in [-0.2, 0) is 13.6 Å². The van der Waals surface area contributed by atoms with Crippen molar-refractivity contribution in [3.05, 3.63) is 46.7 Å². The Hall–Kier alpha value is -2.33. The van der Waals surface area contributed by atoms with Gasteiger partial charge in [0.05, 0.1) is 12.2 Å². The van der Waals surface area contributed by atoms with Crippen molar-refractivity contribution in [3.63, 3.8) is 0 Å². The minimum Gasteiger partial charge on any atom is -0.275 e. The van der Waals surface area contributed by atoms with E-state index in [1.54, 1.807) is 17.1 Å². The van der Waals surface area contributed by atoms with Gasteiger partial charge in [0.15, 0.2) is 0 Å². The fourth-order valence-electron chi connectivity index (χ4n) is 1.51. The summed E-state index contributed by atoms with van der Waals surface area (Å²) in [5.41, 5.74) is 10.9. The second kappa shape index (κ2) is 4.46. The number of hydrogen-bond donors (Lipinski definition) is 0. The van der Waals surface area contributed by atoms with Crippen molar-refractivity contribution in [2.45, 2.75) is 6.54 Å². The molecular formula is C10H10N6. The van der Waals surface area contributed by atoms with E-state index in [-0.39, 0.29) is 0 Å². The molecule has 80 valence electrons. The highest BCUT2D eigenvalue weighted by Crippen LogP contribution is 2.21. The molecular weight excluding hydrogens is 204 g/mol. The van der Waals surface area contributed by atoms with E-state index in [1.807, 2.05) is 25.4 Å².